The van der Waals surface area contributed by atoms with Crippen LogP contribution in [0.25, 0.3) is 0 Å². The maximum Gasteiger partial charge on any atom is 0.0413 e. The maximum atomic E-state index is 3.64. The van der Waals surface area contributed by atoms with Crippen molar-refractivity contribution in [3.8, 4) is 0 Å². The average molecular weight is 341 g/mol. The molecule has 1 aliphatic carbocycles. The molecule has 4 heteroatoms. The van der Waals surface area contributed by atoms with Gasteiger partial charge in [0.1, 0.15) is 0 Å². The Morgan fingerprint density at radius 1 is 1.42 bits per heavy atom. The molecular formula is C15H21BrN2S. The maximum absolute atomic E-state index is 3.64. The number of nitrogens with one attached hydrogen (secondary N) is 1. The highest BCUT2D eigenvalue weighted by molar-refractivity contribution is 9.10. The Kier molecular flexibility index (Phi) is 4.40. The molecule has 1 saturated carbocycles. The largest absolute Gasteiger partial charge is 0.369 e. The molecule has 104 valence electrons. The van der Waals surface area contributed by atoms with Gasteiger partial charge in [-0.3, -0.25) is 0 Å². The zero-order valence-corrected chi connectivity index (χ0v) is 13.8. The van der Waals surface area contributed by atoms with Gasteiger partial charge in [-0.15, -0.1) is 0 Å². The second kappa shape index (κ2) is 6.06. The van der Waals surface area contributed by atoms with Crippen LogP contribution in [0.1, 0.15) is 25.3 Å². The first kappa shape index (κ1) is 13.8. The summed E-state index contributed by atoms with van der Waals surface area (Å²) in [6.07, 6.45) is 2.70. The first-order chi connectivity index (χ1) is 9.22. The van der Waals surface area contributed by atoms with Crippen LogP contribution in [-0.4, -0.2) is 30.1 Å². The third kappa shape index (κ3) is 3.67. The highest BCUT2D eigenvalue weighted by Gasteiger charge is 2.22. The van der Waals surface area contributed by atoms with Crippen molar-refractivity contribution in [2.24, 2.45) is 0 Å². The van der Waals surface area contributed by atoms with Gasteiger partial charge in [-0.1, -0.05) is 22.9 Å². The summed E-state index contributed by atoms with van der Waals surface area (Å²) >= 11 is 5.69. The Bertz CT molecular complexity index is 448. The monoisotopic (exact) mass is 340 g/mol. The lowest BCUT2D eigenvalue weighted by Crippen LogP contribution is -2.37. The van der Waals surface area contributed by atoms with E-state index in [2.05, 4.69) is 63.0 Å². The first-order valence-corrected chi connectivity index (χ1v) is 8.95. The molecule has 3 rings (SSSR count). The van der Waals surface area contributed by atoms with Crippen molar-refractivity contribution in [3.05, 3.63) is 28.2 Å². The van der Waals surface area contributed by atoms with Crippen LogP contribution in [0.3, 0.4) is 0 Å². The second-order valence-electron chi connectivity index (χ2n) is 5.56. The Morgan fingerprint density at radius 3 is 3.00 bits per heavy atom. The van der Waals surface area contributed by atoms with Crippen LogP contribution >= 0.6 is 27.7 Å². The molecule has 2 nitrogen and oxygen atoms in total. The fraction of sp³-hybridized carbons (Fsp3) is 0.600. The summed E-state index contributed by atoms with van der Waals surface area (Å²) in [5, 5.41) is 4.38. The second-order valence-corrected chi connectivity index (χ2v) is 8.02. The van der Waals surface area contributed by atoms with Gasteiger partial charge in [0, 0.05) is 46.8 Å². The van der Waals surface area contributed by atoms with E-state index in [-0.39, 0.29) is 0 Å². The van der Waals surface area contributed by atoms with Crippen molar-refractivity contribution < 1.29 is 0 Å². The van der Waals surface area contributed by atoms with E-state index in [1.54, 1.807) is 0 Å². The van der Waals surface area contributed by atoms with Crippen LogP contribution in [-0.2, 0) is 6.54 Å². The minimum Gasteiger partial charge on any atom is -0.369 e. The van der Waals surface area contributed by atoms with Gasteiger partial charge in [0.15, 0.2) is 0 Å². The van der Waals surface area contributed by atoms with Crippen LogP contribution in [0.2, 0.25) is 0 Å². The molecular weight excluding hydrogens is 320 g/mol. The molecule has 1 aromatic carbocycles. The number of hydrogen-bond donors (Lipinski definition) is 1. The third-order valence-electron chi connectivity index (χ3n) is 3.78. The Morgan fingerprint density at radius 2 is 2.26 bits per heavy atom. The molecule has 1 atom stereocenters. The molecule has 2 fully saturated rings. The SMILES string of the molecule is CC1CN(c2ccc(Br)cc2CNC2CC2)CCS1. The van der Waals surface area contributed by atoms with Gasteiger partial charge >= 0.3 is 0 Å². The third-order valence-corrected chi connectivity index (χ3v) is 5.41. The van der Waals surface area contributed by atoms with Gasteiger partial charge < -0.3 is 10.2 Å². The van der Waals surface area contributed by atoms with E-state index >= 15 is 0 Å². The van der Waals surface area contributed by atoms with Crippen LogP contribution in [0.15, 0.2) is 22.7 Å². The van der Waals surface area contributed by atoms with E-state index < -0.39 is 0 Å². The van der Waals surface area contributed by atoms with Gasteiger partial charge in [0.2, 0.25) is 0 Å². The van der Waals surface area contributed by atoms with Crippen LogP contribution < -0.4 is 10.2 Å². The van der Waals surface area contributed by atoms with Gasteiger partial charge in [0.05, 0.1) is 0 Å². The van der Waals surface area contributed by atoms with E-state index in [0.29, 0.717) is 0 Å². The molecule has 0 spiro atoms. The van der Waals surface area contributed by atoms with E-state index in [1.165, 1.54) is 47.4 Å². The summed E-state index contributed by atoms with van der Waals surface area (Å²) in [7, 11) is 0. The minimum absolute atomic E-state index is 0.738. The molecule has 2 aliphatic rings. The molecule has 1 heterocycles. The van der Waals surface area contributed by atoms with E-state index in [9.17, 15) is 0 Å². The fourth-order valence-electron chi connectivity index (χ4n) is 2.58. The molecule has 0 aromatic heterocycles. The predicted octanol–water partition coefficient (Wildman–Crippen LogP) is 3.64. The van der Waals surface area contributed by atoms with E-state index in [1.807, 2.05) is 0 Å². The standard InChI is InChI=1S/C15H21BrN2S/c1-11-10-18(6-7-19-11)15-5-2-13(16)8-12(15)9-17-14-3-4-14/h2,5,8,11,14,17H,3-4,6-7,9-10H2,1H3. The van der Waals surface area contributed by atoms with Crippen molar-refractivity contribution >= 4 is 33.4 Å². The number of anilines is 1. The molecule has 1 aliphatic heterocycles. The predicted molar refractivity (Wildman–Crippen MR) is 88.1 cm³/mol. The number of benzene rings is 1. The summed E-state index contributed by atoms with van der Waals surface area (Å²) in [6, 6.07) is 7.48. The molecule has 1 aromatic rings. The highest BCUT2D eigenvalue weighted by atomic mass is 79.9. The summed E-state index contributed by atoms with van der Waals surface area (Å²) in [4.78, 5) is 2.55. The minimum atomic E-state index is 0.738. The molecule has 1 N–H and O–H groups in total. The molecule has 19 heavy (non-hydrogen) atoms. The highest BCUT2D eigenvalue weighted by Crippen LogP contribution is 2.30. The lowest BCUT2D eigenvalue weighted by molar-refractivity contribution is 0.681. The Hall–Kier alpha value is -0.190. The topological polar surface area (TPSA) is 15.3 Å². The Balaban J connectivity index is 1.77. The smallest absolute Gasteiger partial charge is 0.0413 e. The lowest BCUT2D eigenvalue weighted by Gasteiger charge is -2.34. The van der Waals surface area contributed by atoms with Crippen molar-refractivity contribution in [1.82, 2.24) is 5.32 Å². The summed E-state index contributed by atoms with van der Waals surface area (Å²) in [5.74, 6) is 1.24. The molecule has 1 saturated heterocycles. The normalized spacial score (nSPS) is 23.7. The quantitative estimate of drug-likeness (QED) is 0.900. The summed E-state index contributed by atoms with van der Waals surface area (Å²) in [6.45, 7) is 5.67. The van der Waals surface area contributed by atoms with Crippen LogP contribution in [0.5, 0.6) is 0 Å². The Labute approximate surface area is 128 Å². The number of nitrogens with zero attached hydrogens (tertiary/aromatic N) is 1. The van der Waals surface area contributed by atoms with Crippen molar-refractivity contribution in [3.63, 3.8) is 0 Å². The van der Waals surface area contributed by atoms with E-state index in [4.69, 9.17) is 0 Å². The summed E-state index contributed by atoms with van der Waals surface area (Å²) in [5.41, 5.74) is 2.85. The van der Waals surface area contributed by atoms with Gasteiger partial charge in [0.25, 0.3) is 0 Å². The molecule has 0 radical (unpaired) electrons. The van der Waals surface area contributed by atoms with Crippen LogP contribution in [0.4, 0.5) is 5.69 Å². The number of halogens is 1. The molecule has 1 unspecified atom stereocenters. The van der Waals surface area contributed by atoms with Crippen molar-refractivity contribution in [2.75, 3.05) is 23.7 Å². The fourth-order valence-corrected chi connectivity index (χ4v) is 4.01. The lowest BCUT2D eigenvalue weighted by atomic mass is 10.1. The molecule has 0 amide bonds. The van der Waals surface area contributed by atoms with Crippen molar-refractivity contribution in [2.45, 2.75) is 37.6 Å². The van der Waals surface area contributed by atoms with Gasteiger partial charge in [-0.2, -0.15) is 11.8 Å². The average Bonchev–Trinajstić information content (AvgIpc) is 3.20. The number of thioether (sulfide) groups is 1. The summed E-state index contributed by atoms with van der Waals surface area (Å²) < 4.78 is 1.18. The number of rotatable bonds is 4. The van der Waals surface area contributed by atoms with Crippen LogP contribution in [0, 0.1) is 0 Å². The van der Waals surface area contributed by atoms with Crippen molar-refractivity contribution in [1.29, 1.82) is 0 Å². The zero-order chi connectivity index (χ0) is 13.2. The zero-order valence-electron chi connectivity index (χ0n) is 11.4. The first-order valence-electron chi connectivity index (χ1n) is 7.11. The van der Waals surface area contributed by atoms with Gasteiger partial charge in [-0.25, -0.2) is 0 Å². The number of hydrogen-bond acceptors (Lipinski definition) is 3. The van der Waals surface area contributed by atoms with E-state index in [0.717, 1.165) is 17.8 Å². The molecule has 0 bridgehead atoms. The van der Waals surface area contributed by atoms with Gasteiger partial charge in [-0.05, 0) is 36.6 Å².